The summed E-state index contributed by atoms with van der Waals surface area (Å²) in [5, 5.41) is 0. The van der Waals surface area contributed by atoms with Gasteiger partial charge in [0.05, 0.1) is 19.8 Å². The van der Waals surface area contributed by atoms with Gasteiger partial charge in [-0.05, 0) is 24.1 Å². The highest BCUT2D eigenvalue weighted by atomic mass is 19.1. The van der Waals surface area contributed by atoms with Crippen LogP contribution < -0.4 is 0 Å². The van der Waals surface area contributed by atoms with Gasteiger partial charge in [-0.15, -0.1) is 0 Å². The lowest BCUT2D eigenvalue weighted by Crippen LogP contribution is -2.35. The molecular formula is C16H22FNO2. The molecule has 2 atom stereocenters. The number of hydrogen-bond donors (Lipinski definition) is 0. The molecule has 0 aliphatic carbocycles. The molecule has 0 aromatic heterocycles. The summed E-state index contributed by atoms with van der Waals surface area (Å²) >= 11 is 0. The largest absolute Gasteiger partial charge is 0.384 e. The van der Waals surface area contributed by atoms with Crippen molar-refractivity contribution in [2.24, 2.45) is 11.3 Å². The van der Waals surface area contributed by atoms with E-state index in [1.807, 2.05) is 19.1 Å². The van der Waals surface area contributed by atoms with Crippen LogP contribution in [0.1, 0.15) is 11.1 Å². The molecule has 1 aromatic carbocycles. The number of fused-ring (bicyclic) bond motifs is 1. The number of hydrogen-bond acceptors (Lipinski definition) is 3. The van der Waals surface area contributed by atoms with Crippen molar-refractivity contribution in [1.82, 2.24) is 4.90 Å². The number of nitrogens with zero attached hydrogens (tertiary/aromatic N) is 1. The Balaban J connectivity index is 1.69. The van der Waals surface area contributed by atoms with E-state index in [1.54, 1.807) is 13.2 Å². The maximum Gasteiger partial charge on any atom is 0.126 e. The molecule has 110 valence electrons. The van der Waals surface area contributed by atoms with Gasteiger partial charge in [0.25, 0.3) is 0 Å². The number of methoxy groups -OCH3 is 1. The predicted octanol–water partition coefficient (Wildman–Crippen LogP) is 2.23. The van der Waals surface area contributed by atoms with Crippen LogP contribution in [0.25, 0.3) is 0 Å². The summed E-state index contributed by atoms with van der Waals surface area (Å²) in [6.07, 6.45) is 0. The summed E-state index contributed by atoms with van der Waals surface area (Å²) in [4.78, 5) is 2.44. The predicted molar refractivity (Wildman–Crippen MR) is 75.0 cm³/mol. The third-order valence-corrected chi connectivity index (χ3v) is 4.65. The highest BCUT2D eigenvalue weighted by Gasteiger charge is 2.50. The van der Waals surface area contributed by atoms with E-state index in [9.17, 15) is 4.39 Å². The summed E-state index contributed by atoms with van der Waals surface area (Å²) in [7, 11) is 1.76. The Bertz CT molecular complexity index is 493. The van der Waals surface area contributed by atoms with Crippen LogP contribution in [0.4, 0.5) is 4.39 Å². The zero-order valence-corrected chi connectivity index (χ0v) is 12.2. The molecule has 0 unspecified atom stereocenters. The van der Waals surface area contributed by atoms with Crippen LogP contribution in [0, 0.1) is 24.1 Å². The van der Waals surface area contributed by atoms with Crippen LogP contribution in [0.2, 0.25) is 0 Å². The average molecular weight is 279 g/mol. The molecule has 0 spiro atoms. The highest BCUT2D eigenvalue weighted by Crippen LogP contribution is 2.41. The van der Waals surface area contributed by atoms with Crippen LogP contribution in [-0.2, 0) is 16.0 Å². The first kappa shape index (κ1) is 14.0. The molecular weight excluding hydrogens is 257 g/mol. The van der Waals surface area contributed by atoms with Gasteiger partial charge < -0.3 is 9.47 Å². The number of rotatable bonds is 4. The fourth-order valence-corrected chi connectivity index (χ4v) is 3.62. The third-order valence-electron chi connectivity index (χ3n) is 4.65. The van der Waals surface area contributed by atoms with Gasteiger partial charge in [0.15, 0.2) is 0 Å². The Morgan fingerprint density at radius 1 is 1.50 bits per heavy atom. The van der Waals surface area contributed by atoms with Gasteiger partial charge in [0.2, 0.25) is 0 Å². The van der Waals surface area contributed by atoms with Crippen LogP contribution in [0.3, 0.4) is 0 Å². The first-order chi connectivity index (χ1) is 9.63. The van der Waals surface area contributed by atoms with Crippen LogP contribution in [0.15, 0.2) is 18.2 Å². The Morgan fingerprint density at radius 3 is 3.10 bits per heavy atom. The topological polar surface area (TPSA) is 21.7 Å². The lowest BCUT2D eigenvalue weighted by Gasteiger charge is -2.26. The number of benzene rings is 1. The van der Waals surface area contributed by atoms with Gasteiger partial charge >= 0.3 is 0 Å². The summed E-state index contributed by atoms with van der Waals surface area (Å²) < 4.78 is 24.4. The van der Waals surface area contributed by atoms with Crippen molar-refractivity contribution >= 4 is 0 Å². The zero-order valence-electron chi connectivity index (χ0n) is 12.2. The lowest BCUT2D eigenvalue weighted by atomic mass is 9.82. The van der Waals surface area contributed by atoms with Gasteiger partial charge in [-0.3, -0.25) is 4.90 Å². The SMILES string of the molecule is COC[C@@]12COC[C@@H]1CN(Cc1ccc(F)c(C)c1)C2. The molecule has 1 aromatic rings. The minimum atomic E-state index is -0.128. The first-order valence-electron chi connectivity index (χ1n) is 7.17. The molecule has 0 amide bonds. The smallest absolute Gasteiger partial charge is 0.126 e. The summed E-state index contributed by atoms with van der Waals surface area (Å²) in [5.74, 6) is 0.431. The van der Waals surface area contributed by atoms with Crippen molar-refractivity contribution in [2.75, 3.05) is 40.0 Å². The molecule has 20 heavy (non-hydrogen) atoms. The van der Waals surface area contributed by atoms with E-state index in [2.05, 4.69) is 4.90 Å². The van der Waals surface area contributed by atoms with Crippen LogP contribution in [-0.4, -0.2) is 44.9 Å². The van der Waals surface area contributed by atoms with Crippen molar-refractivity contribution in [1.29, 1.82) is 0 Å². The van der Waals surface area contributed by atoms with Gasteiger partial charge in [0, 0.05) is 38.1 Å². The van der Waals surface area contributed by atoms with Crippen LogP contribution in [0.5, 0.6) is 0 Å². The molecule has 2 fully saturated rings. The monoisotopic (exact) mass is 279 g/mol. The van der Waals surface area contributed by atoms with E-state index in [1.165, 1.54) is 5.56 Å². The van der Waals surface area contributed by atoms with Gasteiger partial charge in [-0.1, -0.05) is 12.1 Å². The Kier molecular flexibility index (Phi) is 3.80. The molecule has 0 N–H and O–H groups in total. The molecule has 2 heterocycles. The fraction of sp³-hybridized carbons (Fsp3) is 0.625. The highest BCUT2D eigenvalue weighted by molar-refractivity contribution is 5.24. The summed E-state index contributed by atoms with van der Waals surface area (Å²) in [5.41, 5.74) is 2.05. The zero-order chi connectivity index (χ0) is 14.2. The molecule has 0 bridgehead atoms. The fourth-order valence-electron chi connectivity index (χ4n) is 3.62. The van der Waals surface area contributed by atoms with E-state index in [0.717, 1.165) is 45.0 Å². The number of aryl methyl sites for hydroxylation is 1. The second-order valence-corrected chi connectivity index (χ2v) is 6.26. The van der Waals surface area contributed by atoms with Crippen molar-refractivity contribution in [3.63, 3.8) is 0 Å². The van der Waals surface area contributed by atoms with Gasteiger partial charge in [-0.2, -0.15) is 0 Å². The maximum absolute atomic E-state index is 13.3. The van der Waals surface area contributed by atoms with Gasteiger partial charge in [-0.25, -0.2) is 4.39 Å². The average Bonchev–Trinajstić information content (AvgIpc) is 2.90. The Morgan fingerprint density at radius 2 is 2.35 bits per heavy atom. The third kappa shape index (κ3) is 2.48. The van der Waals surface area contributed by atoms with Crippen molar-refractivity contribution < 1.29 is 13.9 Å². The molecule has 4 heteroatoms. The maximum atomic E-state index is 13.3. The van der Waals surface area contributed by atoms with E-state index in [0.29, 0.717) is 5.92 Å². The molecule has 0 saturated carbocycles. The van der Waals surface area contributed by atoms with E-state index in [4.69, 9.17) is 9.47 Å². The second-order valence-electron chi connectivity index (χ2n) is 6.26. The lowest BCUT2D eigenvalue weighted by molar-refractivity contribution is 0.0533. The normalized spacial score (nSPS) is 29.9. The molecule has 3 nitrogen and oxygen atoms in total. The standard InChI is InChI=1S/C16H22FNO2/c1-12-5-13(3-4-15(12)17)6-18-7-14-8-20-11-16(14,9-18)10-19-2/h3-5,14H,6-11H2,1-2H3/t14-,16-/m0/s1. The van der Waals surface area contributed by atoms with E-state index >= 15 is 0 Å². The van der Waals surface area contributed by atoms with Crippen LogP contribution >= 0.6 is 0 Å². The number of likely N-dealkylation sites (tertiary alicyclic amines) is 1. The van der Waals surface area contributed by atoms with E-state index in [-0.39, 0.29) is 11.2 Å². The first-order valence-corrected chi connectivity index (χ1v) is 7.17. The number of ether oxygens (including phenoxy) is 2. The number of halogens is 1. The molecule has 2 aliphatic rings. The quantitative estimate of drug-likeness (QED) is 0.843. The summed E-state index contributed by atoms with van der Waals surface area (Å²) in [6, 6.07) is 5.40. The molecule has 0 radical (unpaired) electrons. The summed E-state index contributed by atoms with van der Waals surface area (Å²) in [6.45, 7) is 7.13. The second kappa shape index (κ2) is 5.43. The molecule has 2 aliphatic heterocycles. The minimum Gasteiger partial charge on any atom is -0.384 e. The molecule has 3 rings (SSSR count). The van der Waals surface area contributed by atoms with Gasteiger partial charge in [0.1, 0.15) is 5.82 Å². The van der Waals surface area contributed by atoms with Crippen molar-refractivity contribution in [3.05, 3.63) is 35.1 Å². The minimum absolute atomic E-state index is 0.128. The van der Waals surface area contributed by atoms with Crippen molar-refractivity contribution in [3.8, 4) is 0 Å². The molecule has 2 saturated heterocycles. The Labute approximate surface area is 119 Å². The van der Waals surface area contributed by atoms with Crippen molar-refractivity contribution in [2.45, 2.75) is 13.5 Å². The Hall–Kier alpha value is -0.970. The van der Waals surface area contributed by atoms with E-state index < -0.39 is 0 Å².